The van der Waals surface area contributed by atoms with Crippen LogP contribution in [0.4, 0.5) is 4.39 Å². The summed E-state index contributed by atoms with van der Waals surface area (Å²) in [6, 6.07) is 0.176. The molecule has 2 aliphatic carbocycles. The van der Waals surface area contributed by atoms with Crippen molar-refractivity contribution in [3.8, 4) is 0 Å². The van der Waals surface area contributed by atoms with Crippen molar-refractivity contribution in [3.63, 3.8) is 0 Å². The highest BCUT2D eigenvalue weighted by molar-refractivity contribution is 6.33. The summed E-state index contributed by atoms with van der Waals surface area (Å²) in [6.07, 6.45) is 5.22. The summed E-state index contributed by atoms with van der Waals surface area (Å²) in [4.78, 5) is 12.4. The first-order valence-corrected chi connectivity index (χ1v) is 6.59. The van der Waals surface area contributed by atoms with E-state index in [-0.39, 0.29) is 12.0 Å². The predicted octanol–water partition coefficient (Wildman–Crippen LogP) is 2.79. The maximum absolute atomic E-state index is 13.8. The fraction of sp³-hybridized carbons (Fsp3) is 0.583. The summed E-state index contributed by atoms with van der Waals surface area (Å²) < 4.78 is 15.8. The highest BCUT2D eigenvalue weighted by Gasteiger charge is 2.47. The van der Waals surface area contributed by atoms with Crippen LogP contribution in [0, 0.1) is 11.8 Å². The Morgan fingerprint density at radius 3 is 2.89 bits per heavy atom. The Morgan fingerprint density at radius 2 is 2.11 bits per heavy atom. The van der Waals surface area contributed by atoms with Gasteiger partial charge in [-0.2, -0.15) is 0 Å². The van der Waals surface area contributed by atoms with Crippen LogP contribution >= 0.6 is 11.6 Å². The van der Waals surface area contributed by atoms with Gasteiger partial charge in [0.2, 0.25) is 0 Å². The number of hydrogen-bond acceptors (Lipinski definition) is 3. The van der Waals surface area contributed by atoms with Crippen LogP contribution in [-0.4, -0.2) is 25.7 Å². The first kappa shape index (κ1) is 10.7. The Balaban J connectivity index is 1.82. The van der Waals surface area contributed by atoms with Crippen molar-refractivity contribution in [2.45, 2.75) is 31.5 Å². The third kappa shape index (κ3) is 1.34. The monoisotopic (exact) mass is 266 g/mol. The largest absolute Gasteiger partial charge is 0.312 e. The number of rotatable bonds is 1. The average molecular weight is 267 g/mol. The molecule has 4 nitrogen and oxygen atoms in total. The molecule has 2 fully saturated rings. The van der Waals surface area contributed by atoms with Gasteiger partial charge < -0.3 is 4.57 Å². The van der Waals surface area contributed by atoms with Crippen LogP contribution in [0.15, 0.2) is 12.7 Å². The molecule has 4 unspecified atom stereocenters. The van der Waals surface area contributed by atoms with Gasteiger partial charge in [-0.1, -0.05) is 11.6 Å². The molecule has 2 heterocycles. The summed E-state index contributed by atoms with van der Waals surface area (Å²) >= 11 is 5.98. The molecule has 4 atom stereocenters. The van der Waals surface area contributed by atoms with Gasteiger partial charge in [0.1, 0.15) is 18.0 Å². The summed E-state index contributed by atoms with van der Waals surface area (Å²) in [5.74, 6) is 0.630. The summed E-state index contributed by atoms with van der Waals surface area (Å²) in [7, 11) is 0. The minimum absolute atomic E-state index is 0.112. The minimum Gasteiger partial charge on any atom is -0.312 e. The van der Waals surface area contributed by atoms with Gasteiger partial charge in [0, 0.05) is 12.0 Å². The number of nitrogens with zero attached hydrogens (tertiary/aromatic N) is 4. The van der Waals surface area contributed by atoms with Crippen LogP contribution in [0.2, 0.25) is 5.15 Å². The van der Waals surface area contributed by atoms with E-state index in [1.54, 1.807) is 6.33 Å². The van der Waals surface area contributed by atoms with E-state index in [9.17, 15) is 4.39 Å². The zero-order valence-corrected chi connectivity index (χ0v) is 10.4. The fourth-order valence-electron chi connectivity index (χ4n) is 3.61. The Hall–Kier alpha value is -1.23. The standard InChI is InChI=1S/C12H12ClFN4/c13-11-10-12(16-4-15-11)18(5-17-10)9-3-6-1-7(9)8(14)2-6/h4-9H,1-3H2. The van der Waals surface area contributed by atoms with Gasteiger partial charge in [0.15, 0.2) is 10.8 Å². The number of alkyl halides is 1. The lowest BCUT2D eigenvalue weighted by Crippen LogP contribution is -2.24. The zero-order valence-electron chi connectivity index (χ0n) is 9.63. The molecule has 18 heavy (non-hydrogen) atoms. The molecular weight excluding hydrogens is 255 g/mol. The van der Waals surface area contributed by atoms with Crippen LogP contribution < -0.4 is 0 Å². The molecule has 0 radical (unpaired) electrons. The van der Waals surface area contributed by atoms with Gasteiger partial charge in [-0.15, -0.1) is 0 Å². The maximum Gasteiger partial charge on any atom is 0.165 e. The van der Waals surface area contributed by atoms with Crippen molar-refractivity contribution in [2.24, 2.45) is 11.8 Å². The van der Waals surface area contributed by atoms with Crippen molar-refractivity contribution < 1.29 is 4.39 Å². The Labute approximate surface area is 108 Å². The first-order chi connectivity index (χ1) is 8.74. The number of aromatic nitrogens is 4. The highest BCUT2D eigenvalue weighted by atomic mass is 35.5. The Morgan fingerprint density at radius 1 is 1.22 bits per heavy atom. The second-order valence-electron chi connectivity index (χ2n) is 5.31. The lowest BCUT2D eigenvalue weighted by molar-refractivity contribution is 0.178. The van der Waals surface area contributed by atoms with Gasteiger partial charge in [0.25, 0.3) is 0 Å². The second kappa shape index (κ2) is 3.63. The number of fused-ring (bicyclic) bond motifs is 3. The third-order valence-corrected chi connectivity index (χ3v) is 4.65. The van der Waals surface area contributed by atoms with E-state index in [0.29, 0.717) is 16.6 Å². The minimum atomic E-state index is -0.677. The van der Waals surface area contributed by atoms with E-state index in [2.05, 4.69) is 15.0 Å². The van der Waals surface area contributed by atoms with Gasteiger partial charge in [-0.05, 0) is 25.2 Å². The van der Waals surface area contributed by atoms with E-state index in [0.717, 1.165) is 24.9 Å². The normalized spacial score (nSPS) is 34.6. The maximum atomic E-state index is 13.8. The van der Waals surface area contributed by atoms with Crippen LogP contribution in [-0.2, 0) is 0 Å². The van der Waals surface area contributed by atoms with Gasteiger partial charge in [-0.3, -0.25) is 0 Å². The molecule has 0 saturated heterocycles. The smallest absolute Gasteiger partial charge is 0.165 e. The molecule has 2 aliphatic rings. The molecule has 0 N–H and O–H groups in total. The van der Waals surface area contributed by atoms with E-state index >= 15 is 0 Å². The van der Waals surface area contributed by atoms with Crippen LogP contribution in [0.3, 0.4) is 0 Å². The van der Waals surface area contributed by atoms with E-state index < -0.39 is 6.17 Å². The molecule has 6 heteroatoms. The van der Waals surface area contributed by atoms with Gasteiger partial charge in [0.05, 0.1) is 6.33 Å². The molecule has 2 saturated carbocycles. The average Bonchev–Trinajstić information content (AvgIpc) is 3.00. The van der Waals surface area contributed by atoms with Crippen LogP contribution in [0.5, 0.6) is 0 Å². The lowest BCUT2D eigenvalue weighted by atomic mass is 9.93. The number of halogens is 2. The summed E-state index contributed by atoms with van der Waals surface area (Å²) in [5.41, 5.74) is 1.33. The lowest BCUT2D eigenvalue weighted by Gasteiger charge is -2.25. The quantitative estimate of drug-likeness (QED) is 0.746. The highest BCUT2D eigenvalue weighted by Crippen LogP contribution is 2.52. The third-order valence-electron chi connectivity index (χ3n) is 4.37. The van der Waals surface area contributed by atoms with E-state index in [1.807, 2.05) is 4.57 Å². The summed E-state index contributed by atoms with van der Waals surface area (Å²) in [5, 5.41) is 0.360. The molecule has 0 aliphatic heterocycles. The Kier molecular flexibility index (Phi) is 2.15. The first-order valence-electron chi connectivity index (χ1n) is 6.21. The molecule has 2 aromatic rings. The predicted molar refractivity (Wildman–Crippen MR) is 65.1 cm³/mol. The van der Waals surface area contributed by atoms with Crippen molar-refractivity contribution >= 4 is 22.8 Å². The molecule has 0 amide bonds. The second-order valence-corrected chi connectivity index (χ2v) is 5.67. The van der Waals surface area contributed by atoms with E-state index in [1.165, 1.54) is 6.33 Å². The molecule has 94 valence electrons. The topological polar surface area (TPSA) is 43.6 Å². The molecule has 0 aromatic carbocycles. The Bertz CT molecular complexity index is 613. The van der Waals surface area contributed by atoms with Crippen LogP contribution in [0.25, 0.3) is 11.2 Å². The molecule has 0 spiro atoms. The van der Waals surface area contributed by atoms with Crippen molar-refractivity contribution in [1.82, 2.24) is 19.5 Å². The van der Waals surface area contributed by atoms with Crippen molar-refractivity contribution in [3.05, 3.63) is 17.8 Å². The van der Waals surface area contributed by atoms with E-state index in [4.69, 9.17) is 11.6 Å². The fourth-order valence-corrected chi connectivity index (χ4v) is 3.79. The van der Waals surface area contributed by atoms with Gasteiger partial charge in [-0.25, -0.2) is 19.3 Å². The zero-order chi connectivity index (χ0) is 12.3. The molecular formula is C12H12ClFN4. The molecule has 2 aromatic heterocycles. The molecule has 4 rings (SSSR count). The van der Waals surface area contributed by atoms with Crippen LogP contribution in [0.1, 0.15) is 25.3 Å². The van der Waals surface area contributed by atoms with Gasteiger partial charge >= 0.3 is 0 Å². The molecule has 2 bridgehead atoms. The number of hydrogen-bond donors (Lipinski definition) is 0. The van der Waals surface area contributed by atoms with Crippen molar-refractivity contribution in [2.75, 3.05) is 0 Å². The van der Waals surface area contributed by atoms with Crippen molar-refractivity contribution in [1.29, 1.82) is 0 Å². The number of imidazole rings is 1. The SMILES string of the molecule is FC1CC2CC1C(n1cnc3c(Cl)ncnc31)C2. The summed E-state index contributed by atoms with van der Waals surface area (Å²) in [6.45, 7) is 0.